The minimum absolute atomic E-state index is 0.0212. The summed E-state index contributed by atoms with van der Waals surface area (Å²) < 4.78 is 18.7. The van der Waals surface area contributed by atoms with Gasteiger partial charge in [0.05, 0.1) is 25.9 Å². The first-order valence-corrected chi connectivity index (χ1v) is 6.84. The molecule has 2 rings (SSSR count). The zero-order valence-corrected chi connectivity index (χ0v) is 11.6. The molecule has 1 saturated heterocycles. The van der Waals surface area contributed by atoms with Crippen LogP contribution in [-0.4, -0.2) is 54.7 Å². The lowest BCUT2D eigenvalue weighted by Crippen LogP contribution is -2.48. The second-order valence-electron chi connectivity index (χ2n) is 5.08. The summed E-state index contributed by atoms with van der Waals surface area (Å²) in [6.07, 6.45) is 0.318. The zero-order chi connectivity index (χ0) is 14.5. The van der Waals surface area contributed by atoms with Crippen LogP contribution in [-0.2, 0) is 4.74 Å². The highest BCUT2D eigenvalue weighted by Crippen LogP contribution is 2.13. The molecule has 1 aromatic carbocycles. The number of aliphatic hydroxyl groups is 1. The van der Waals surface area contributed by atoms with Crippen LogP contribution in [0.4, 0.5) is 4.39 Å². The molecule has 1 unspecified atom stereocenters. The average molecular weight is 281 g/mol. The van der Waals surface area contributed by atoms with Crippen molar-refractivity contribution < 1.29 is 19.0 Å². The van der Waals surface area contributed by atoms with Crippen LogP contribution in [0.5, 0.6) is 0 Å². The topological polar surface area (TPSA) is 49.8 Å². The first kappa shape index (κ1) is 15.1. The van der Waals surface area contributed by atoms with Gasteiger partial charge in [0.2, 0.25) is 0 Å². The van der Waals surface area contributed by atoms with E-state index in [2.05, 4.69) is 0 Å². The lowest BCUT2D eigenvalue weighted by atomic mass is 10.1. The van der Waals surface area contributed by atoms with Crippen molar-refractivity contribution in [1.29, 1.82) is 0 Å². The highest BCUT2D eigenvalue weighted by molar-refractivity contribution is 5.96. The third-order valence-electron chi connectivity index (χ3n) is 3.68. The summed E-state index contributed by atoms with van der Waals surface area (Å²) in [5.74, 6) is -0.428. The van der Waals surface area contributed by atoms with Gasteiger partial charge in [-0.1, -0.05) is 12.1 Å². The Morgan fingerprint density at radius 1 is 1.55 bits per heavy atom. The van der Waals surface area contributed by atoms with Crippen LogP contribution in [0.1, 0.15) is 22.3 Å². The molecule has 0 spiro atoms. The summed E-state index contributed by atoms with van der Waals surface area (Å²) in [5, 5.41) is 9.25. The first-order valence-electron chi connectivity index (χ1n) is 6.84. The molecule has 1 aliphatic heterocycles. The number of benzene rings is 1. The number of hydrogen-bond acceptors (Lipinski definition) is 4. The van der Waals surface area contributed by atoms with Crippen molar-refractivity contribution in [3.8, 4) is 0 Å². The fourth-order valence-corrected chi connectivity index (χ4v) is 2.31. The molecule has 0 aliphatic carbocycles. The van der Waals surface area contributed by atoms with E-state index in [4.69, 9.17) is 4.74 Å². The Morgan fingerprint density at radius 2 is 2.35 bits per heavy atom. The predicted octanol–water partition coefficient (Wildman–Crippen LogP) is 1.40. The molecule has 1 heterocycles. The van der Waals surface area contributed by atoms with Crippen molar-refractivity contribution in [3.05, 3.63) is 35.1 Å². The van der Waals surface area contributed by atoms with Gasteiger partial charge in [-0.3, -0.25) is 9.69 Å². The molecular weight excluding hydrogens is 261 g/mol. The number of morpholine rings is 1. The maximum absolute atomic E-state index is 13.4. The van der Waals surface area contributed by atoms with Gasteiger partial charge in [-0.05, 0) is 18.6 Å². The van der Waals surface area contributed by atoms with Crippen molar-refractivity contribution in [2.45, 2.75) is 19.4 Å². The van der Waals surface area contributed by atoms with E-state index < -0.39 is 0 Å². The molecule has 0 radical (unpaired) electrons. The quantitative estimate of drug-likeness (QED) is 0.829. The number of halogens is 1. The fraction of sp³-hybridized carbons (Fsp3) is 0.533. The molecule has 1 aliphatic rings. The van der Waals surface area contributed by atoms with Crippen LogP contribution in [0, 0.1) is 12.7 Å². The number of nitrogens with zero attached hydrogens (tertiary/aromatic N) is 1. The Hall–Kier alpha value is -1.30. The number of carbonyl (C=O) groups is 1. The summed E-state index contributed by atoms with van der Waals surface area (Å²) in [5.41, 5.74) is 0.942. The molecular formula is C15H20FNO3. The van der Waals surface area contributed by atoms with E-state index in [0.717, 1.165) is 0 Å². The Bertz CT molecular complexity index is 478. The first-order chi connectivity index (χ1) is 9.61. The molecule has 20 heavy (non-hydrogen) atoms. The number of ether oxygens (including phenoxy) is 1. The maximum atomic E-state index is 13.4. The SMILES string of the molecule is Cc1ccc(C(=O)CCN2CCOCC2CO)cc1F. The maximum Gasteiger partial charge on any atom is 0.164 e. The number of hydrogen-bond donors (Lipinski definition) is 1. The van der Waals surface area contributed by atoms with E-state index in [-0.39, 0.29) is 24.2 Å². The van der Waals surface area contributed by atoms with Gasteiger partial charge in [0, 0.05) is 25.1 Å². The summed E-state index contributed by atoms with van der Waals surface area (Å²) >= 11 is 0. The monoisotopic (exact) mass is 281 g/mol. The van der Waals surface area contributed by atoms with E-state index in [1.54, 1.807) is 19.1 Å². The number of Topliss-reactive ketones (excluding diaryl/α,β-unsaturated/α-hetero) is 1. The Morgan fingerprint density at radius 3 is 3.05 bits per heavy atom. The van der Waals surface area contributed by atoms with Crippen LogP contribution in [0.2, 0.25) is 0 Å². The fourth-order valence-electron chi connectivity index (χ4n) is 2.31. The summed E-state index contributed by atoms with van der Waals surface area (Å²) in [7, 11) is 0. The largest absolute Gasteiger partial charge is 0.395 e. The Balaban J connectivity index is 1.92. The van der Waals surface area contributed by atoms with E-state index >= 15 is 0 Å². The predicted molar refractivity (Wildman–Crippen MR) is 73.4 cm³/mol. The van der Waals surface area contributed by atoms with Gasteiger partial charge in [-0.2, -0.15) is 0 Å². The molecule has 0 aromatic heterocycles. The van der Waals surface area contributed by atoms with Crippen LogP contribution in [0.15, 0.2) is 18.2 Å². The lowest BCUT2D eigenvalue weighted by molar-refractivity contribution is -0.0270. The van der Waals surface area contributed by atoms with E-state index in [0.29, 0.717) is 43.9 Å². The van der Waals surface area contributed by atoms with Gasteiger partial charge < -0.3 is 9.84 Å². The molecule has 1 fully saturated rings. The van der Waals surface area contributed by atoms with E-state index in [1.807, 2.05) is 4.90 Å². The van der Waals surface area contributed by atoms with Gasteiger partial charge in [0.15, 0.2) is 5.78 Å². The highest BCUT2D eigenvalue weighted by atomic mass is 19.1. The van der Waals surface area contributed by atoms with Gasteiger partial charge in [0.1, 0.15) is 5.82 Å². The Kier molecular flexibility index (Phi) is 5.23. The van der Waals surface area contributed by atoms with Gasteiger partial charge >= 0.3 is 0 Å². The van der Waals surface area contributed by atoms with Crippen molar-refractivity contribution >= 4 is 5.78 Å². The number of rotatable bonds is 5. The second kappa shape index (κ2) is 6.92. The molecule has 0 bridgehead atoms. The van der Waals surface area contributed by atoms with Crippen molar-refractivity contribution in [2.75, 3.05) is 32.9 Å². The zero-order valence-electron chi connectivity index (χ0n) is 11.6. The number of aryl methyl sites for hydroxylation is 1. The standard InChI is InChI=1S/C15H20FNO3/c1-11-2-3-12(8-14(11)16)15(19)4-5-17-6-7-20-10-13(17)9-18/h2-3,8,13,18H,4-7,9-10H2,1H3. The minimum Gasteiger partial charge on any atom is -0.395 e. The summed E-state index contributed by atoms with van der Waals surface area (Å²) in [6.45, 7) is 4.06. The molecule has 5 heteroatoms. The summed E-state index contributed by atoms with van der Waals surface area (Å²) in [6, 6.07) is 4.52. The molecule has 110 valence electrons. The van der Waals surface area contributed by atoms with Crippen molar-refractivity contribution in [3.63, 3.8) is 0 Å². The third kappa shape index (κ3) is 3.62. The average Bonchev–Trinajstić information content (AvgIpc) is 2.47. The van der Waals surface area contributed by atoms with Crippen LogP contribution < -0.4 is 0 Å². The second-order valence-corrected chi connectivity index (χ2v) is 5.08. The highest BCUT2D eigenvalue weighted by Gasteiger charge is 2.22. The smallest absolute Gasteiger partial charge is 0.164 e. The van der Waals surface area contributed by atoms with E-state index in [9.17, 15) is 14.3 Å². The van der Waals surface area contributed by atoms with Crippen LogP contribution >= 0.6 is 0 Å². The third-order valence-corrected chi connectivity index (χ3v) is 3.68. The van der Waals surface area contributed by atoms with Gasteiger partial charge in [-0.25, -0.2) is 4.39 Å². The van der Waals surface area contributed by atoms with Gasteiger partial charge in [0.25, 0.3) is 0 Å². The molecule has 4 nitrogen and oxygen atoms in total. The summed E-state index contributed by atoms with van der Waals surface area (Å²) in [4.78, 5) is 14.1. The molecule has 1 aromatic rings. The minimum atomic E-state index is -0.351. The molecule has 1 N–H and O–H groups in total. The van der Waals surface area contributed by atoms with Crippen LogP contribution in [0.3, 0.4) is 0 Å². The lowest BCUT2D eigenvalue weighted by Gasteiger charge is -2.34. The molecule has 0 amide bonds. The van der Waals surface area contributed by atoms with E-state index in [1.165, 1.54) is 6.07 Å². The Labute approximate surface area is 118 Å². The molecule has 0 saturated carbocycles. The van der Waals surface area contributed by atoms with Gasteiger partial charge in [-0.15, -0.1) is 0 Å². The van der Waals surface area contributed by atoms with Crippen molar-refractivity contribution in [1.82, 2.24) is 4.90 Å². The number of aliphatic hydroxyl groups excluding tert-OH is 1. The number of ketones is 1. The normalized spacial score (nSPS) is 20.1. The van der Waals surface area contributed by atoms with Crippen molar-refractivity contribution in [2.24, 2.45) is 0 Å². The molecule has 1 atom stereocenters. The van der Waals surface area contributed by atoms with Crippen LogP contribution in [0.25, 0.3) is 0 Å². The number of carbonyl (C=O) groups excluding carboxylic acids is 1.